The lowest BCUT2D eigenvalue weighted by molar-refractivity contribution is -0.119. The number of aromatic nitrogens is 12. The largest absolute Gasteiger partial charge is 0.369 e. The van der Waals surface area contributed by atoms with Gasteiger partial charge in [-0.15, -0.1) is 0 Å². The molecule has 0 saturated heterocycles. The van der Waals surface area contributed by atoms with Crippen LogP contribution in [0.3, 0.4) is 0 Å². The summed E-state index contributed by atoms with van der Waals surface area (Å²) in [6, 6.07) is 13.8. The molecule has 6 heterocycles. The second-order valence-corrected chi connectivity index (χ2v) is 31.9. The molecule has 6 atom stereocenters. The van der Waals surface area contributed by atoms with Gasteiger partial charge in [0.2, 0.25) is 17.8 Å². The predicted molar refractivity (Wildman–Crippen MR) is 374 cm³/mol. The van der Waals surface area contributed by atoms with Crippen molar-refractivity contribution >= 4 is 113 Å². The number of Topliss-reactive ketones (excluding diaryl/α,β-unsaturated/α-hetero) is 3. The Balaban J connectivity index is 0.000000213. The number of sulfone groups is 1. The molecule has 9 rings (SSSR count). The molecule has 6 unspecified atom stereocenters. The van der Waals surface area contributed by atoms with Crippen molar-refractivity contribution < 1.29 is 68.7 Å². The van der Waals surface area contributed by atoms with Gasteiger partial charge in [-0.05, 0) is 107 Å². The van der Waals surface area contributed by atoms with Crippen molar-refractivity contribution in [2.24, 2.45) is 0 Å². The Morgan fingerprint density at radius 3 is 1.18 bits per heavy atom. The molecular formula is C60H79ClFN18O17P3S. The van der Waals surface area contributed by atoms with Crippen LogP contribution in [0.5, 0.6) is 0 Å². The number of nitrogens with two attached hydrogens (primary N) is 3. The highest BCUT2D eigenvalue weighted by Crippen LogP contribution is 2.46. The number of fused-ring (bicyclic) bond motifs is 3. The number of hydrogen-bond donors (Lipinski definition) is 9. The Kier molecular flexibility index (Phi) is 28.1. The molecule has 0 aliphatic carbocycles. The van der Waals surface area contributed by atoms with Gasteiger partial charge in [-0.2, -0.15) is 15.0 Å². The molecule has 0 fully saturated rings. The molecule has 12 N–H and O–H groups in total. The first-order valence-corrected chi connectivity index (χ1v) is 38.4. The second kappa shape index (κ2) is 35.5. The van der Waals surface area contributed by atoms with Gasteiger partial charge in [-0.1, -0.05) is 48.0 Å². The molecule has 0 spiro atoms. The number of H-pyrrole nitrogens is 3. The summed E-state index contributed by atoms with van der Waals surface area (Å²) in [5, 5.41) is 8.74. The Morgan fingerprint density at radius 2 is 0.861 bits per heavy atom. The molecular weight excluding hydrogens is 1420 g/mol. The molecule has 9 aromatic rings. The summed E-state index contributed by atoms with van der Waals surface area (Å²) >= 11 is 6.15. The zero-order valence-corrected chi connectivity index (χ0v) is 60.7. The number of ether oxygens (including phenoxy) is 3. The molecule has 101 heavy (non-hydrogen) atoms. The lowest BCUT2D eigenvalue weighted by atomic mass is 10.1. The zero-order chi connectivity index (χ0) is 74.1. The van der Waals surface area contributed by atoms with E-state index in [1.165, 1.54) is 58.0 Å². The minimum Gasteiger partial charge on any atom is -0.369 e. The number of halogens is 2. The number of carbonyl (C=O) groups excluding carboxylic acids is 3. The van der Waals surface area contributed by atoms with Crippen molar-refractivity contribution in [3.63, 3.8) is 0 Å². The van der Waals surface area contributed by atoms with Crippen molar-refractivity contribution in [1.82, 2.24) is 73.8 Å². The molecule has 0 amide bonds. The van der Waals surface area contributed by atoms with Crippen molar-refractivity contribution in [3.8, 4) is 0 Å². The number of carbonyl (C=O) groups is 3. The average molecular weight is 1500 g/mol. The molecule has 0 bridgehead atoms. The van der Waals surface area contributed by atoms with Gasteiger partial charge in [0.1, 0.15) is 42.2 Å². The van der Waals surface area contributed by atoms with E-state index < -0.39 is 73.0 Å². The van der Waals surface area contributed by atoms with Gasteiger partial charge in [0.05, 0.1) is 81.6 Å². The predicted octanol–water partition coefficient (Wildman–Crippen LogP) is 5.77. The molecule has 6 aromatic heterocycles. The highest BCUT2D eigenvalue weighted by Gasteiger charge is 2.31. The third-order valence-corrected chi connectivity index (χ3v) is 21.9. The minimum atomic E-state index is -3.64. The highest BCUT2D eigenvalue weighted by molar-refractivity contribution is 7.90. The zero-order valence-electron chi connectivity index (χ0n) is 56.4. The number of benzene rings is 3. The molecule has 0 saturated carbocycles. The van der Waals surface area contributed by atoms with Crippen LogP contribution in [-0.2, 0) is 105 Å². The lowest BCUT2D eigenvalue weighted by Crippen LogP contribution is -2.32. The van der Waals surface area contributed by atoms with E-state index in [1.807, 2.05) is 19.1 Å². The van der Waals surface area contributed by atoms with E-state index in [1.54, 1.807) is 71.7 Å². The van der Waals surface area contributed by atoms with Crippen LogP contribution >= 0.6 is 34.2 Å². The van der Waals surface area contributed by atoms with Gasteiger partial charge < -0.3 is 58.7 Å². The summed E-state index contributed by atoms with van der Waals surface area (Å²) < 4.78 is 116. The summed E-state index contributed by atoms with van der Waals surface area (Å²) in [6.45, 7) is 13.2. The summed E-state index contributed by atoms with van der Waals surface area (Å²) in [5.74, 6) is -1.14. The van der Waals surface area contributed by atoms with Crippen molar-refractivity contribution in [2.45, 2.75) is 118 Å². The van der Waals surface area contributed by atoms with E-state index >= 15 is 0 Å². The summed E-state index contributed by atoms with van der Waals surface area (Å²) in [4.78, 5) is 102. The average Bonchev–Trinajstić information content (AvgIpc) is 1.70. The van der Waals surface area contributed by atoms with Gasteiger partial charge >= 0.3 is 0 Å². The highest BCUT2D eigenvalue weighted by atomic mass is 35.5. The number of hydrogen-bond acceptors (Lipinski definition) is 26. The van der Waals surface area contributed by atoms with Crippen LogP contribution in [0.4, 0.5) is 22.2 Å². The number of nitrogen functional groups attached to an aromatic ring is 3. The van der Waals surface area contributed by atoms with Crippen LogP contribution in [0.15, 0.2) is 98.9 Å². The molecule has 0 aliphatic rings. The summed E-state index contributed by atoms with van der Waals surface area (Å²) in [6.07, 6.45) is 4.45. The molecule has 0 aliphatic heterocycles. The minimum absolute atomic E-state index is 0.0216. The van der Waals surface area contributed by atoms with Crippen LogP contribution < -0.4 is 49.1 Å². The summed E-state index contributed by atoms with van der Waals surface area (Å²) in [5.41, 5.74) is 20.0. The molecule has 41 heteroatoms. The van der Waals surface area contributed by atoms with E-state index in [4.69, 9.17) is 56.6 Å². The SMILES string of the molecule is CC(=O)C(C)NP(=O)(COCCn1cnc2c(=O)[nH]c(N)nc21)OCc1ccc(C)c(Cl)c1.CC(=O)C(C)NP(=O)(COCCn1cnc2c(=O)[nH]c(N)nc21)OCc1ccc(C)c(F)c1.CC(=O)C(C)NP(=O)(COCCn1cnc2c(=O)[nH]c(N)nc21)OCc1ccc(S(C)(=O)=O)cc1. The van der Waals surface area contributed by atoms with Gasteiger partial charge in [-0.25, -0.2) is 43.0 Å². The maximum absolute atomic E-state index is 13.8. The van der Waals surface area contributed by atoms with Gasteiger partial charge in [-0.3, -0.25) is 57.4 Å². The number of rotatable bonds is 34. The first-order valence-electron chi connectivity index (χ1n) is 30.7. The quantitative estimate of drug-likeness (QED) is 0.0171. The second-order valence-electron chi connectivity index (χ2n) is 23.1. The first-order chi connectivity index (χ1) is 47.5. The topological polar surface area (TPSA) is 497 Å². The molecule has 3 aromatic carbocycles. The Morgan fingerprint density at radius 1 is 0.545 bits per heavy atom. The number of ketones is 3. The molecule has 546 valence electrons. The number of imidazole rings is 3. The number of nitrogens with one attached hydrogen (secondary N) is 6. The monoisotopic (exact) mass is 1500 g/mol. The Bertz CT molecular complexity index is 4710. The van der Waals surface area contributed by atoms with E-state index in [2.05, 4.69) is 60.1 Å². The smallest absolute Gasteiger partial charge is 0.295 e. The van der Waals surface area contributed by atoms with Gasteiger partial charge in [0.25, 0.3) is 39.2 Å². The maximum atomic E-state index is 13.8. The van der Waals surface area contributed by atoms with E-state index in [9.17, 15) is 55.3 Å². The first kappa shape index (κ1) is 79.9. The number of nitrogens with zero attached hydrogens (tertiary/aromatic N) is 9. The fourth-order valence-electron chi connectivity index (χ4n) is 8.76. The third kappa shape index (κ3) is 23.3. The fraction of sp³-hybridized carbons (Fsp3) is 0.400. The third-order valence-electron chi connectivity index (χ3n) is 14.8. The standard InChI is InChI=1S/C20H26ClN6O5P.C20H26FN6O5P.C20H27N6O7PS/c2*1-12-4-5-15(8-16(12)21)9-32-33(30,26-13(2)14(3)28)11-31-7-6-27-10-23-17-18(27)24-20(22)25-19(17)29;1-13(14(2)27)25-34(29,33-10-15-4-6-16(7-5-15)35(3,30)31)12-32-9-8-26-11-22-17-18(26)23-20(21)24-19(17)28/h2*4-5,8,10,13H,6-7,9,11H2,1-3H3,(H,26,30)(H3,22,24,25,29);4-7,11,13H,8-10,12H2,1-3H3,(H,25,29)(H3,21,23,24,28). The van der Waals surface area contributed by atoms with Crippen LogP contribution in [-0.4, -0.2) is 148 Å². The van der Waals surface area contributed by atoms with Crippen molar-refractivity contribution in [1.29, 1.82) is 0 Å². The normalized spacial score (nSPS) is 14.4. The number of aryl methyl sites for hydroxylation is 2. The van der Waals surface area contributed by atoms with Gasteiger partial charge in [0.15, 0.2) is 43.3 Å². The van der Waals surface area contributed by atoms with Crippen molar-refractivity contribution in [2.75, 3.05) is 62.3 Å². The maximum Gasteiger partial charge on any atom is 0.295 e. The summed E-state index contributed by atoms with van der Waals surface area (Å²) in [7, 11) is -14.1. The van der Waals surface area contributed by atoms with E-state index in [0.717, 1.165) is 17.4 Å². The van der Waals surface area contributed by atoms with E-state index in [0.29, 0.717) is 33.0 Å². The Labute approximate surface area is 582 Å². The van der Waals surface area contributed by atoms with Crippen LogP contribution in [0, 0.1) is 19.7 Å². The van der Waals surface area contributed by atoms with E-state index in [-0.39, 0.29) is 141 Å². The lowest BCUT2D eigenvalue weighted by Gasteiger charge is -2.23. The number of anilines is 3. The van der Waals surface area contributed by atoms with Gasteiger partial charge in [0, 0.05) is 30.9 Å². The van der Waals surface area contributed by atoms with Crippen LogP contribution in [0.25, 0.3) is 33.5 Å². The molecule has 35 nitrogen and oxygen atoms in total. The molecule has 0 radical (unpaired) electrons. The fourth-order valence-corrected chi connectivity index (χ4v) is 14.8. The van der Waals surface area contributed by atoms with Crippen LogP contribution in [0.2, 0.25) is 5.02 Å². The number of aromatic amines is 3. The van der Waals surface area contributed by atoms with Crippen molar-refractivity contribution in [3.05, 3.63) is 149 Å². The Hall–Kier alpha value is -8.38. The van der Waals surface area contributed by atoms with Crippen LogP contribution in [0.1, 0.15) is 69.4 Å².